The van der Waals surface area contributed by atoms with Crippen molar-refractivity contribution in [2.45, 2.75) is 63.2 Å². The Labute approximate surface area is 209 Å². The van der Waals surface area contributed by atoms with E-state index in [1.807, 2.05) is 37.3 Å². The van der Waals surface area contributed by atoms with Gasteiger partial charge in [-0.1, -0.05) is 36.4 Å². The van der Waals surface area contributed by atoms with Crippen LogP contribution in [0.4, 0.5) is 0 Å². The van der Waals surface area contributed by atoms with E-state index in [-0.39, 0.29) is 29.9 Å². The van der Waals surface area contributed by atoms with Gasteiger partial charge in [0.05, 0.1) is 11.5 Å². The zero-order chi connectivity index (χ0) is 25.5. The van der Waals surface area contributed by atoms with Crippen LogP contribution in [-0.4, -0.2) is 61.1 Å². The highest BCUT2D eigenvalue weighted by molar-refractivity contribution is 8.01. The van der Waals surface area contributed by atoms with Crippen molar-refractivity contribution in [1.29, 1.82) is 0 Å². The molecule has 2 fully saturated rings. The number of aromatic hydroxyl groups is 1. The smallest absolute Gasteiger partial charge is 0.251 e. The molecule has 0 spiro atoms. The van der Waals surface area contributed by atoms with Crippen LogP contribution in [0.25, 0.3) is 0 Å². The maximum Gasteiger partial charge on any atom is 0.251 e. The van der Waals surface area contributed by atoms with E-state index in [1.165, 1.54) is 17.8 Å². The highest BCUT2D eigenvalue weighted by Gasteiger charge is 2.67. The first kappa shape index (κ1) is 25.1. The van der Waals surface area contributed by atoms with Crippen LogP contribution >= 0.6 is 11.8 Å². The van der Waals surface area contributed by atoms with E-state index >= 15 is 0 Å². The largest absolute Gasteiger partial charge is 0.508 e. The number of carbonyl (C=O) groups is 3. The molecule has 35 heavy (non-hydrogen) atoms. The summed E-state index contributed by atoms with van der Waals surface area (Å²) in [5.41, 5.74) is 7.21. The first-order valence-corrected chi connectivity index (χ1v) is 12.6. The van der Waals surface area contributed by atoms with Crippen molar-refractivity contribution in [3.8, 4) is 5.75 Å². The topological polar surface area (TPSA) is 116 Å². The SMILES string of the molecule is Cc1c(O)cccc1C(=O)N[C@H](CC(=O)N1CSC2(C)[C@H]1C(=O)N2C(C)(C)N)Cc1ccccc1. The summed E-state index contributed by atoms with van der Waals surface area (Å²) in [6.07, 6.45) is 0.500. The Kier molecular flexibility index (Phi) is 6.59. The van der Waals surface area contributed by atoms with Gasteiger partial charge in [0.25, 0.3) is 11.8 Å². The van der Waals surface area contributed by atoms with Crippen LogP contribution < -0.4 is 11.1 Å². The van der Waals surface area contributed by atoms with E-state index < -0.39 is 22.6 Å². The van der Waals surface area contributed by atoms with Gasteiger partial charge in [-0.05, 0) is 51.8 Å². The number of phenols is 1. The highest BCUT2D eigenvalue weighted by Crippen LogP contribution is 2.52. The Morgan fingerprint density at radius 2 is 1.91 bits per heavy atom. The third kappa shape index (κ3) is 4.62. The number of phenolic OH excluding ortho intramolecular Hbond substituents is 1. The van der Waals surface area contributed by atoms with Crippen molar-refractivity contribution >= 4 is 29.5 Å². The molecule has 2 aliphatic rings. The average Bonchev–Trinajstić information content (AvgIpc) is 3.07. The standard InChI is InChI=1S/C26H32N4O4S/c1-16-19(11-8-12-20(16)31)23(33)28-18(13-17-9-6-5-7-10-17)14-21(32)29-15-35-26(4)22(29)24(34)30(26)25(2,3)27/h5-12,18,22,31H,13-15,27H2,1-4H3,(H,28,33)/t18-,22+,26?/m0/s1. The van der Waals surface area contributed by atoms with Gasteiger partial charge < -0.3 is 26.0 Å². The summed E-state index contributed by atoms with van der Waals surface area (Å²) in [5.74, 6) is -0.280. The van der Waals surface area contributed by atoms with Gasteiger partial charge in [-0.3, -0.25) is 14.4 Å². The molecular formula is C26H32N4O4S. The fraction of sp³-hybridized carbons (Fsp3) is 0.423. The Morgan fingerprint density at radius 1 is 1.23 bits per heavy atom. The maximum absolute atomic E-state index is 13.4. The molecule has 4 N–H and O–H groups in total. The molecule has 0 saturated carbocycles. The van der Waals surface area contributed by atoms with Crippen LogP contribution in [0.5, 0.6) is 5.75 Å². The van der Waals surface area contributed by atoms with Crippen LogP contribution in [0.2, 0.25) is 0 Å². The molecule has 0 aliphatic carbocycles. The zero-order valence-corrected chi connectivity index (χ0v) is 21.3. The predicted molar refractivity (Wildman–Crippen MR) is 135 cm³/mol. The summed E-state index contributed by atoms with van der Waals surface area (Å²) in [6, 6.07) is 13.4. The van der Waals surface area contributed by atoms with Gasteiger partial charge in [0.1, 0.15) is 16.7 Å². The Hall–Kier alpha value is -3.04. The molecule has 2 saturated heterocycles. The van der Waals surface area contributed by atoms with Crippen LogP contribution in [0.15, 0.2) is 48.5 Å². The van der Waals surface area contributed by atoms with Gasteiger partial charge in [0, 0.05) is 23.6 Å². The average molecular weight is 497 g/mol. The van der Waals surface area contributed by atoms with E-state index in [1.54, 1.807) is 42.7 Å². The number of likely N-dealkylation sites (tertiary alicyclic amines) is 1. The van der Waals surface area contributed by atoms with Crippen LogP contribution in [0, 0.1) is 6.92 Å². The lowest BCUT2D eigenvalue weighted by molar-refractivity contribution is -0.173. The number of carbonyl (C=O) groups excluding carboxylic acids is 3. The molecule has 8 nitrogen and oxygen atoms in total. The number of β-lactam (4-membered cyclic amide) rings is 1. The minimum atomic E-state index is -0.822. The van der Waals surface area contributed by atoms with E-state index in [0.29, 0.717) is 23.4 Å². The molecule has 2 heterocycles. The van der Waals surface area contributed by atoms with Gasteiger partial charge >= 0.3 is 0 Å². The van der Waals surface area contributed by atoms with E-state index in [4.69, 9.17) is 5.73 Å². The van der Waals surface area contributed by atoms with Gasteiger partial charge in [-0.25, -0.2) is 0 Å². The van der Waals surface area contributed by atoms with Crippen molar-refractivity contribution in [1.82, 2.24) is 15.1 Å². The van der Waals surface area contributed by atoms with Crippen molar-refractivity contribution in [3.05, 3.63) is 65.2 Å². The molecule has 0 radical (unpaired) electrons. The molecule has 1 unspecified atom stereocenters. The lowest BCUT2D eigenvalue weighted by Gasteiger charge is -2.57. The van der Waals surface area contributed by atoms with Gasteiger partial charge in [0.2, 0.25) is 5.91 Å². The monoisotopic (exact) mass is 496 g/mol. The summed E-state index contributed by atoms with van der Waals surface area (Å²) in [4.78, 5) is 42.2. The quantitative estimate of drug-likeness (QED) is 0.508. The van der Waals surface area contributed by atoms with Crippen molar-refractivity contribution in [3.63, 3.8) is 0 Å². The lowest BCUT2D eigenvalue weighted by atomic mass is 9.90. The molecule has 2 aromatic rings. The molecule has 3 atom stereocenters. The number of nitrogens with two attached hydrogens (primary N) is 1. The van der Waals surface area contributed by atoms with Crippen molar-refractivity contribution in [2.75, 3.05) is 5.88 Å². The van der Waals surface area contributed by atoms with Crippen molar-refractivity contribution < 1.29 is 19.5 Å². The summed E-state index contributed by atoms with van der Waals surface area (Å²) in [7, 11) is 0. The Balaban J connectivity index is 1.52. The van der Waals surface area contributed by atoms with Gasteiger partial charge in [0.15, 0.2) is 0 Å². The van der Waals surface area contributed by atoms with Crippen LogP contribution in [0.1, 0.15) is 48.7 Å². The number of amides is 3. The minimum Gasteiger partial charge on any atom is -0.508 e. The summed E-state index contributed by atoms with van der Waals surface area (Å²) in [6.45, 7) is 7.19. The number of hydrogen-bond donors (Lipinski definition) is 3. The molecule has 186 valence electrons. The zero-order valence-electron chi connectivity index (χ0n) is 20.4. The van der Waals surface area contributed by atoms with E-state index in [0.717, 1.165) is 5.56 Å². The molecule has 4 rings (SSSR count). The number of nitrogens with one attached hydrogen (secondary N) is 1. The molecule has 2 aromatic carbocycles. The first-order chi connectivity index (χ1) is 16.4. The molecule has 0 bridgehead atoms. The van der Waals surface area contributed by atoms with Gasteiger partial charge in [-0.15, -0.1) is 11.8 Å². The molecule has 3 amide bonds. The minimum absolute atomic E-state index is 0.0394. The number of fused-ring (bicyclic) bond motifs is 1. The van der Waals surface area contributed by atoms with Crippen LogP contribution in [0.3, 0.4) is 0 Å². The summed E-state index contributed by atoms with van der Waals surface area (Å²) in [5, 5.41) is 13.0. The second-order valence-corrected chi connectivity index (χ2v) is 11.3. The molecule has 0 aromatic heterocycles. The van der Waals surface area contributed by atoms with Gasteiger partial charge in [-0.2, -0.15) is 0 Å². The third-order valence-corrected chi connectivity index (χ3v) is 8.14. The molecule has 2 aliphatic heterocycles. The maximum atomic E-state index is 13.4. The fourth-order valence-electron chi connectivity index (χ4n) is 5.07. The predicted octanol–water partition coefficient (Wildman–Crippen LogP) is 2.59. The van der Waals surface area contributed by atoms with E-state index in [9.17, 15) is 19.5 Å². The number of rotatable bonds is 7. The Bertz CT molecular complexity index is 1150. The summed E-state index contributed by atoms with van der Waals surface area (Å²) < 4.78 is 0. The van der Waals surface area contributed by atoms with Crippen LogP contribution in [-0.2, 0) is 16.0 Å². The highest BCUT2D eigenvalue weighted by atomic mass is 32.2. The Morgan fingerprint density at radius 3 is 2.57 bits per heavy atom. The fourth-order valence-corrected chi connectivity index (χ4v) is 6.61. The number of benzene rings is 2. The van der Waals surface area contributed by atoms with E-state index in [2.05, 4.69) is 5.32 Å². The third-order valence-electron chi connectivity index (χ3n) is 6.74. The summed E-state index contributed by atoms with van der Waals surface area (Å²) >= 11 is 1.53. The molecular weight excluding hydrogens is 464 g/mol. The first-order valence-electron chi connectivity index (χ1n) is 11.6. The normalized spacial score (nSPS) is 22.4. The van der Waals surface area contributed by atoms with Crippen molar-refractivity contribution in [2.24, 2.45) is 5.73 Å². The second kappa shape index (κ2) is 9.20. The lowest BCUT2D eigenvalue weighted by Crippen LogP contribution is -2.79. The number of hydrogen-bond acceptors (Lipinski definition) is 6. The molecule has 9 heteroatoms. The number of thioether (sulfide) groups is 1. The number of nitrogens with zero attached hydrogens (tertiary/aromatic N) is 2. The second-order valence-electron chi connectivity index (χ2n) is 9.94.